The van der Waals surface area contributed by atoms with Gasteiger partial charge in [0.05, 0.1) is 29.4 Å². The lowest BCUT2D eigenvalue weighted by molar-refractivity contribution is 0.0376. The molecule has 40 heavy (non-hydrogen) atoms. The van der Waals surface area contributed by atoms with E-state index in [1.54, 1.807) is 33.5 Å². The summed E-state index contributed by atoms with van der Waals surface area (Å²) in [4.78, 5) is 23.0. The molecule has 5 rings (SSSR count). The molecular weight excluding hydrogens is 548 g/mol. The van der Waals surface area contributed by atoms with Crippen LogP contribution in [-0.2, 0) is 14.8 Å². The first-order chi connectivity index (χ1) is 19.4. The number of hydrogen-bond acceptors (Lipinski definition) is 8. The van der Waals surface area contributed by atoms with Crippen molar-refractivity contribution in [3.8, 4) is 5.75 Å². The molecule has 1 unspecified atom stereocenters. The van der Waals surface area contributed by atoms with Crippen LogP contribution in [0.2, 0.25) is 0 Å². The molecule has 0 radical (unpaired) electrons. The molecule has 1 atom stereocenters. The van der Waals surface area contributed by atoms with Gasteiger partial charge in [0.15, 0.2) is 5.13 Å². The maximum Gasteiger partial charge on any atom is 0.260 e. The van der Waals surface area contributed by atoms with E-state index in [9.17, 15) is 13.2 Å². The van der Waals surface area contributed by atoms with E-state index < -0.39 is 10.0 Å². The van der Waals surface area contributed by atoms with Crippen molar-refractivity contribution in [1.82, 2.24) is 14.2 Å². The Balaban J connectivity index is 1.39. The third-order valence-electron chi connectivity index (χ3n) is 7.47. The van der Waals surface area contributed by atoms with E-state index in [-0.39, 0.29) is 10.8 Å². The summed E-state index contributed by atoms with van der Waals surface area (Å²) in [6.45, 7) is 10.2. The van der Waals surface area contributed by atoms with Gasteiger partial charge < -0.3 is 9.47 Å². The summed E-state index contributed by atoms with van der Waals surface area (Å²) in [7, 11) is -3.60. The minimum atomic E-state index is -3.60. The first-order valence-electron chi connectivity index (χ1n) is 14.1. The number of thiazole rings is 1. The van der Waals surface area contributed by atoms with E-state index >= 15 is 0 Å². The Bertz CT molecular complexity index is 1400. The minimum absolute atomic E-state index is 0.200. The van der Waals surface area contributed by atoms with Gasteiger partial charge >= 0.3 is 0 Å². The predicted molar refractivity (Wildman–Crippen MR) is 158 cm³/mol. The van der Waals surface area contributed by atoms with Gasteiger partial charge in [-0.15, -0.1) is 0 Å². The number of fused-ring (bicyclic) bond motifs is 1. The largest absolute Gasteiger partial charge is 0.492 e. The Morgan fingerprint density at radius 3 is 2.65 bits per heavy atom. The molecular formula is C29H38N4O5S2. The molecule has 2 saturated heterocycles. The number of piperidine rings is 1. The van der Waals surface area contributed by atoms with Crippen LogP contribution in [0.1, 0.15) is 43.5 Å². The van der Waals surface area contributed by atoms with Gasteiger partial charge in [-0.25, -0.2) is 13.4 Å². The fraction of sp³-hybridized carbons (Fsp3) is 0.517. The second-order valence-electron chi connectivity index (χ2n) is 10.4. The Kier molecular flexibility index (Phi) is 9.37. The molecule has 0 spiro atoms. The topological polar surface area (TPSA) is 92.3 Å². The summed E-state index contributed by atoms with van der Waals surface area (Å²) in [5, 5.41) is 0.605. The number of carbonyl (C=O) groups is 1. The number of rotatable bonds is 10. The Morgan fingerprint density at radius 1 is 1.15 bits per heavy atom. The first kappa shape index (κ1) is 28.9. The fourth-order valence-electron chi connectivity index (χ4n) is 5.30. The van der Waals surface area contributed by atoms with Gasteiger partial charge in [-0.05, 0) is 68.5 Å². The fourth-order valence-corrected chi connectivity index (χ4v) is 7.91. The van der Waals surface area contributed by atoms with E-state index in [4.69, 9.17) is 14.5 Å². The van der Waals surface area contributed by atoms with Crippen molar-refractivity contribution >= 4 is 42.6 Å². The van der Waals surface area contributed by atoms with Gasteiger partial charge in [-0.3, -0.25) is 14.6 Å². The average molecular weight is 587 g/mol. The maximum atomic E-state index is 13.9. The number of aromatic nitrogens is 1. The molecule has 0 saturated carbocycles. The lowest BCUT2D eigenvalue weighted by Gasteiger charge is -2.30. The molecule has 11 heteroatoms. The number of benzene rings is 2. The second-order valence-corrected chi connectivity index (χ2v) is 13.4. The summed E-state index contributed by atoms with van der Waals surface area (Å²) in [6, 6.07) is 12.2. The quantitative estimate of drug-likeness (QED) is 0.346. The number of sulfonamides is 1. The van der Waals surface area contributed by atoms with Gasteiger partial charge in [0, 0.05) is 44.8 Å². The number of anilines is 1. The molecule has 0 aliphatic carbocycles. The molecule has 3 aromatic rings. The Labute approximate surface area is 240 Å². The molecule has 1 aromatic heterocycles. The molecule has 3 heterocycles. The summed E-state index contributed by atoms with van der Waals surface area (Å²) < 4.78 is 40.2. The van der Waals surface area contributed by atoms with E-state index in [0.29, 0.717) is 48.6 Å². The SMILES string of the molecule is CCOc1cccc2sc(N(CCCN3CCOCC3)C(=O)c3ccc(S(=O)(=O)N4CCCC(C)C4)cc3)nc12. The van der Waals surface area contributed by atoms with Crippen LogP contribution in [0.4, 0.5) is 5.13 Å². The molecule has 0 bridgehead atoms. The number of carbonyl (C=O) groups excluding carboxylic acids is 1. The highest BCUT2D eigenvalue weighted by Crippen LogP contribution is 2.35. The molecule has 0 N–H and O–H groups in total. The van der Waals surface area contributed by atoms with Crippen LogP contribution in [0.5, 0.6) is 5.75 Å². The van der Waals surface area contributed by atoms with Crippen molar-refractivity contribution in [3.63, 3.8) is 0 Å². The van der Waals surface area contributed by atoms with Crippen molar-refractivity contribution in [2.45, 2.75) is 38.0 Å². The molecule has 216 valence electrons. The van der Waals surface area contributed by atoms with Crippen molar-refractivity contribution in [1.29, 1.82) is 0 Å². The lowest BCUT2D eigenvalue weighted by atomic mass is 10.0. The zero-order valence-corrected chi connectivity index (χ0v) is 24.9. The Morgan fingerprint density at radius 2 is 1.93 bits per heavy atom. The molecule has 9 nitrogen and oxygen atoms in total. The van der Waals surface area contributed by atoms with Crippen LogP contribution in [0, 0.1) is 5.92 Å². The van der Waals surface area contributed by atoms with Crippen LogP contribution in [0.3, 0.4) is 0 Å². The first-order valence-corrected chi connectivity index (χ1v) is 16.4. The molecule has 2 aliphatic rings. The summed E-state index contributed by atoms with van der Waals surface area (Å²) in [5.74, 6) is 0.840. The predicted octanol–water partition coefficient (Wildman–Crippen LogP) is 4.48. The zero-order valence-electron chi connectivity index (χ0n) is 23.3. The van der Waals surface area contributed by atoms with E-state index in [1.807, 2.05) is 25.1 Å². The number of ether oxygens (including phenoxy) is 2. The van der Waals surface area contributed by atoms with Crippen molar-refractivity contribution in [2.75, 3.05) is 64.0 Å². The van der Waals surface area contributed by atoms with Gasteiger partial charge in [-0.1, -0.05) is 24.3 Å². The van der Waals surface area contributed by atoms with E-state index in [2.05, 4.69) is 11.8 Å². The number of nitrogens with zero attached hydrogens (tertiary/aromatic N) is 4. The number of para-hydroxylation sites is 1. The van der Waals surface area contributed by atoms with Crippen LogP contribution in [0.25, 0.3) is 10.2 Å². The van der Waals surface area contributed by atoms with E-state index in [1.165, 1.54) is 11.3 Å². The van der Waals surface area contributed by atoms with Gasteiger partial charge in [0.25, 0.3) is 5.91 Å². The number of hydrogen-bond donors (Lipinski definition) is 0. The van der Waals surface area contributed by atoms with Crippen LogP contribution in [-0.4, -0.2) is 87.6 Å². The van der Waals surface area contributed by atoms with Gasteiger partial charge in [-0.2, -0.15) is 4.31 Å². The van der Waals surface area contributed by atoms with Crippen molar-refractivity contribution in [3.05, 3.63) is 48.0 Å². The molecule has 2 fully saturated rings. The second kappa shape index (κ2) is 12.9. The third kappa shape index (κ3) is 6.49. The highest BCUT2D eigenvalue weighted by atomic mass is 32.2. The van der Waals surface area contributed by atoms with Gasteiger partial charge in [0.1, 0.15) is 11.3 Å². The third-order valence-corrected chi connectivity index (χ3v) is 10.4. The molecule has 2 aromatic carbocycles. The van der Waals surface area contributed by atoms with Gasteiger partial charge in [0.2, 0.25) is 10.0 Å². The van der Waals surface area contributed by atoms with E-state index in [0.717, 1.165) is 62.3 Å². The number of morpholine rings is 1. The highest BCUT2D eigenvalue weighted by molar-refractivity contribution is 7.89. The smallest absolute Gasteiger partial charge is 0.260 e. The maximum absolute atomic E-state index is 13.9. The van der Waals surface area contributed by atoms with Crippen LogP contribution < -0.4 is 9.64 Å². The lowest BCUT2D eigenvalue weighted by Crippen LogP contribution is -2.39. The molecule has 1 amide bonds. The zero-order chi connectivity index (χ0) is 28.1. The summed E-state index contributed by atoms with van der Waals surface area (Å²) >= 11 is 1.46. The molecule has 2 aliphatic heterocycles. The van der Waals surface area contributed by atoms with Crippen LogP contribution in [0.15, 0.2) is 47.4 Å². The number of amides is 1. The normalized spacial score (nSPS) is 19.1. The summed E-state index contributed by atoms with van der Waals surface area (Å²) in [6.07, 6.45) is 2.68. The minimum Gasteiger partial charge on any atom is -0.492 e. The van der Waals surface area contributed by atoms with Crippen molar-refractivity contribution < 1.29 is 22.7 Å². The monoisotopic (exact) mass is 586 g/mol. The van der Waals surface area contributed by atoms with Crippen molar-refractivity contribution in [2.24, 2.45) is 5.92 Å². The highest BCUT2D eigenvalue weighted by Gasteiger charge is 2.29. The van der Waals surface area contributed by atoms with Crippen LogP contribution >= 0.6 is 11.3 Å². The average Bonchev–Trinajstić information content (AvgIpc) is 3.41. The summed E-state index contributed by atoms with van der Waals surface area (Å²) in [5.41, 5.74) is 1.18. The standard InChI is InChI=1S/C29H38N4O5S2/c1-3-38-25-8-4-9-26-27(25)30-29(39-26)33(16-6-14-31-17-19-37-20-18-31)28(34)23-10-12-24(13-11-23)40(35,36)32-15-5-7-22(2)21-32/h4,8-13,22H,3,5-7,14-21H2,1-2H3. The Hall–Kier alpha value is -2.57.